The van der Waals surface area contributed by atoms with Gasteiger partial charge in [0.1, 0.15) is 5.75 Å². The zero-order valence-corrected chi connectivity index (χ0v) is 10.4. The molecule has 1 heterocycles. The average Bonchev–Trinajstić information content (AvgIpc) is 2.26. The third kappa shape index (κ3) is 2.08. The van der Waals surface area contributed by atoms with Gasteiger partial charge in [-0.05, 0) is 50.1 Å². The highest BCUT2D eigenvalue weighted by atomic mass is 16.3. The van der Waals surface area contributed by atoms with E-state index in [4.69, 9.17) is 0 Å². The molecule has 1 aliphatic carbocycles. The minimum Gasteiger partial charge on any atom is -0.508 e. The number of aromatic nitrogens is 2. The lowest BCUT2D eigenvalue weighted by Crippen LogP contribution is -2.12. The standard InChI is InChI=1S/C15H16N2O/c1-10-9-14(11-3-2-4-11)17-15(16-10)12-5-7-13(18)8-6-12/h5-9,11,18H,2-4H2,1H3. The monoisotopic (exact) mass is 240 g/mol. The molecule has 0 spiro atoms. The second-order valence-electron chi connectivity index (χ2n) is 4.93. The van der Waals surface area contributed by atoms with E-state index in [2.05, 4.69) is 16.0 Å². The van der Waals surface area contributed by atoms with Gasteiger partial charge in [-0.15, -0.1) is 0 Å². The van der Waals surface area contributed by atoms with Gasteiger partial charge in [0.25, 0.3) is 0 Å². The third-order valence-electron chi connectivity index (χ3n) is 3.52. The molecule has 0 unspecified atom stereocenters. The summed E-state index contributed by atoms with van der Waals surface area (Å²) >= 11 is 0. The molecular weight excluding hydrogens is 224 g/mol. The Morgan fingerprint density at radius 2 is 1.83 bits per heavy atom. The lowest BCUT2D eigenvalue weighted by molar-refractivity contribution is 0.410. The summed E-state index contributed by atoms with van der Waals surface area (Å²) < 4.78 is 0. The molecule has 0 bridgehead atoms. The lowest BCUT2D eigenvalue weighted by Gasteiger charge is -2.25. The van der Waals surface area contributed by atoms with Gasteiger partial charge in [-0.2, -0.15) is 0 Å². The number of phenols is 1. The fourth-order valence-electron chi connectivity index (χ4n) is 2.25. The number of hydrogen-bond donors (Lipinski definition) is 1. The van der Waals surface area contributed by atoms with Crippen molar-refractivity contribution in [2.75, 3.05) is 0 Å². The van der Waals surface area contributed by atoms with Crippen molar-refractivity contribution in [3.05, 3.63) is 41.7 Å². The zero-order chi connectivity index (χ0) is 12.5. The highest BCUT2D eigenvalue weighted by Gasteiger charge is 2.21. The highest BCUT2D eigenvalue weighted by Crippen LogP contribution is 2.36. The number of aromatic hydroxyl groups is 1. The normalized spacial score (nSPS) is 15.4. The van der Waals surface area contributed by atoms with Crippen LogP contribution in [0.15, 0.2) is 30.3 Å². The Labute approximate surface area is 107 Å². The van der Waals surface area contributed by atoms with Crippen molar-refractivity contribution in [3.63, 3.8) is 0 Å². The topological polar surface area (TPSA) is 46.0 Å². The van der Waals surface area contributed by atoms with Crippen LogP contribution in [0.3, 0.4) is 0 Å². The molecule has 0 atom stereocenters. The van der Waals surface area contributed by atoms with E-state index >= 15 is 0 Å². The van der Waals surface area contributed by atoms with Crippen molar-refractivity contribution in [3.8, 4) is 17.1 Å². The Morgan fingerprint density at radius 1 is 1.11 bits per heavy atom. The summed E-state index contributed by atoms with van der Waals surface area (Å²) in [6.45, 7) is 2.01. The van der Waals surface area contributed by atoms with Crippen LogP contribution >= 0.6 is 0 Å². The minimum absolute atomic E-state index is 0.269. The molecule has 1 aliphatic rings. The van der Waals surface area contributed by atoms with Crippen molar-refractivity contribution in [2.24, 2.45) is 0 Å². The fourth-order valence-corrected chi connectivity index (χ4v) is 2.25. The molecule has 0 saturated heterocycles. The van der Waals surface area contributed by atoms with E-state index in [-0.39, 0.29) is 5.75 Å². The molecule has 1 aromatic carbocycles. The molecule has 1 saturated carbocycles. The molecule has 3 heteroatoms. The summed E-state index contributed by atoms with van der Waals surface area (Å²) in [5.41, 5.74) is 3.13. The van der Waals surface area contributed by atoms with Crippen LogP contribution in [0.2, 0.25) is 0 Å². The summed E-state index contributed by atoms with van der Waals surface area (Å²) in [4.78, 5) is 9.14. The van der Waals surface area contributed by atoms with Crippen LogP contribution in [0.1, 0.15) is 36.6 Å². The largest absolute Gasteiger partial charge is 0.508 e. The maximum absolute atomic E-state index is 9.31. The van der Waals surface area contributed by atoms with Crippen LogP contribution in [-0.2, 0) is 0 Å². The number of benzene rings is 1. The lowest BCUT2D eigenvalue weighted by atomic mass is 9.82. The molecule has 2 aromatic rings. The van der Waals surface area contributed by atoms with Crippen LogP contribution in [-0.4, -0.2) is 15.1 Å². The van der Waals surface area contributed by atoms with Crippen molar-refractivity contribution < 1.29 is 5.11 Å². The summed E-state index contributed by atoms with van der Waals surface area (Å²) in [7, 11) is 0. The molecule has 18 heavy (non-hydrogen) atoms. The number of nitrogens with zero attached hydrogens (tertiary/aromatic N) is 2. The van der Waals surface area contributed by atoms with Crippen LogP contribution in [0, 0.1) is 6.92 Å². The smallest absolute Gasteiger partial charge is 0.159 e. The summed E-state index contributed by atoms with van der Waals surface area (Å²) in [6.07, 6.45) is 3.79. The Hall–Kier alpha value is -1.90. The molecule has 3 rings (SSSR count). The molecule has 1 aromatic heterocycles. The highest BCUT2D eigenvalue weighted by molar-refractivity contribution is 5.56. The van der Waals surface area contributed by atoms with E-state index in [0.29, 0.717) is 5.92 Å². The fraction of sp³-hybridized carbons (Fsp3) is 0.333. The molecule has 92 valence electrons. The second-order valence-corrected chi connectivity index (χ2v) is 4.93. The zero-order valence-electron chi connectivity index (χ0n) is 10.4. The van der Waals surface area contributed by atoms with Crippen LogP contribution < -0.4 is 0 Å². The van der Waals surface area contributed by atoms with Gasteiger partial charge in [-0.3, -0.25) is 0 Å². The van der Waals surface area contributed by atoms with Gasteiger partial charge in [0.2, 0.25) is 0 Å². The summed E-state index contributed by atoms with van der Waals surface area (Å²) in [6, 6.07) is 9.14. The molecule has 0 radical (unpaired) electrons. The number of hydrogen-bond acceptors (Lipinski definition) is 3. The molecular formula is C15H16N2O. The Kier molecular flexibility index (Phi) is 2.74. The summed E-state index contributed by atoms with van der Waals surface area (Å²) in [5.74, 6) is 1.64. The first kappa shape index (κ1) is 11.2. The van der Waals surface area contributed by atoms with Gasteiger partial charge in [0, 0.05) is 22.9 Å². The predicted octanol–water partition coefficient (Wildman–Crippen LogP) is 3.43. The van der Waals surface area contributed by atoms with Crippen LogP contribution in [0.5, 0.6) is 5.75 Å². The van der Waals surface area contributed by atoms with Crippen LogP contribution in [0.25, 0.3) is 11.4 Å². The van der Waals surface area contributed by atoms with Crippen molar-refractivity contribution in [1.82, 2.24) is 9.97 Å². The van der Waals surface area contributed by atoms with E-state index < -0.39 is 0 Å². The minimum atomic E-state index is 0.269. The number of aryl methyl sites for hydroxylation is 1. The maximum atomic E-state index is 9.31. The first-order chi connectivity index (χ1) is 8.72. The van der Waals surface area contributed by atoms with E-state index in [1.807, 2.05) is 19.1 Å². The second kappa shape index (κ2) is 4.41. The quantitative estimate of drug-likeness (QED) is 0.874. The van der Waals surface area contributed by atoms with Crippen molar-refractivity contribution in [1.29, 1.82) is 0 Å². The van der Waals surface area contributed by atoms with Gasteiger partial charge in [-0.1, -0.05) is 6.42 Å². The van der Waals surface area contributed by atoms with Gasteiger partial charge in [0.15, 0.2) is 5.82 Å². The van der Waals surface area contributed by atoms with Gasteiger partial charge in [0.05, 0.1) is 0 Å². The Balaban J connectivity index is 2.00. The third-order valence-corrected chi connectivity index (χ3v) is 3.52. The van der Waals surface area contributed by atoms with Gasteiger partial charge in [-0.25, -0.2) is 9.97 Å². The molecule has 1 fully saturated rings. The molecule has 0 aliphatic heterocycles. The maximum Gasteiger partial charge on any atom is 0.159 e. The molecule has 3 nitrogen and oxygen atoms in total. The predicted molar refractivity (Wildman–Crippen MR) is 70.5 cm³/mol. The average molecular weight is 240 g/mol. The first-order valence-electron chi connectivity index (χ1n) is 6.37. The van der Waals surface area contributed by atoms with Gasteiger partial charge >= 0.3 is 0 Å². The SMILES string of the molecule is Cc1cc(C2CCC2)nc(-c2ccc(O)cc2)n1. The van der Waals surface area contributed by atoms with Crippen LogP contribution in [0.4, 0.5) is 0 Å². The Bertz CT molecular complexity index is 559. The summed E-state index contributed by atoms with van der Waals surface area (Å²) in [5, 5.41) is 9.31. The first-order valence-corrected chi connectivity index (χ1v) is 6.37. The van der Waals surface area contributed by atoms with Crippen molar-refractivity contribution in [2.45, 2.75) is 32.1 Å². The Morgan fingerprint density at radius 3 is 2.44 bits per heavy atom. The number of rotatable bonds is 2. The van der Waals surface area contributed by atoms with E-state index in [9.17, 15) is 5.11 Å². The van der Waals surface area contributed by atoms with E-state index in [1.54, 1.807) is 12.1 Å². The number of phenolic OH excluding ortho intramolecular Hbond substituents is 1. The molecule has 1 N–H and O–H groups in total. The molecule has 0 amide bonds. The van der Waals surface area contributed by atoms with Gasteiger partial charge < -0.3 is 5.11 Å². The van der Waals surface area contributed by atoms with E-state index in [0.717, 1.165) is 22.8 Å². The van der Waals surface area contributed by atoms with Crippen molar-refractivity contribution >= 4 is 0 Å². The van der Waals surface area contributed by atoms with E-state index in [1.165, 1.54) is 19.3 Å².